The molecular weight excluding hydrogens is 322 g/mol. The third-order valence-electron chi connectivity index (χ3n) is 2.72. The number of thiophene rings is 1. The van der Waals surface area contributed by atoms with E-state index in [1.54, 1.807) is 18.2 Å². The largest absolute Gasteiger partial charge is 0.454 e. The van der Waals surface area contributed by atoms with E-state index in [0.29, 0.717) is 15.8 Å². The van der Waals surface area contributed by atoms with Crippen LogP contribution < -0.4 is 14.2 Å². The van der Waals surface area contributed by atoms with Crippen molar-refractivity contribution in [3.63, 3.8) is 0 Å². The molecule has 0 fully saturated rings. The average Bonchev–Trinajstić information content (AvgIpc) is 3.04. The van der Waals surface area contributed by atoms with Gasteiger partial charge in [-0.25, -0.2) is 13.1 Å². The minimum absolute atomic E-state index is 0.111. The van der Waals surface area contributed by atoms with Gasteiger partial charge >= 0.3 is 0 Å². The van der Waals surface area contributed by atoms with Crippen LogP contribution in [0.4, 0.5) is 0 Å². The molecule has 0 atom stereocenters. The Hall–Kier alpha value is -1.28. The predicted octanol–water partition coefficient (Wildman–Crippen LogP) is 2.61. The van der Waals surface area contributed by atoms with E-state index >= 15 is 0 Å². The first-order valence-electron chi connectivity index (χ1n) is 5.68. The summed E-state index contributed by atoms with van der Waals surface area (Å²) in [6, 6.07) is 8.04. The van der Waals surface area contributed by atoms with Crippen molar-refractivity contribution in [2.45, 2.75) is 11.4 Å². The van der Waals surface area contributed by atoms with Gasteiger partial charge in [0.05, 0.1) is 9.23 Å². The Balaban J connectivity index is 1.78. The number of benzene rings is 1. The highest BCUT2D eigenvalue weighted by Crippen LogP contribution is 2.33. The normalized spacial score (nSPS) is 13.7. The Bertz CT molecular complexity index is 742. The van der Waals surface area contributed by atoms with Crippen molar-refractivity contribution in [1.29, 1.82) is 0 Å². The summed E-state index contributed by atoms with van der Waals surface area (Å²) in [6.07, 6.45) is 0. The molecule has 5 nitrogen and oxygen atoms in total. The fraction of sp³-hybridized carbons (Fsp3) is 0.167. The summed E-state index contributed by atoms with van der Waals surface area (Å²) >= 11 is 7.14. The molecule has 0 saturated heterocycles. The number of sulfonamides is 1. The van der Waals surface area contributed by atoms with Crippen molar-refractivity contribution < 1.29 is 17.9 Å². The Morgan fingerprint density at radius 2 is 2.00 bits per heavy atom. The highest BCUT2D eigenvalue weighted by atomic mass is 35.5. The van der Waals surface area contributed by atoms with Crippen LogP contribution in [0.25, 0.3) is 0 Å². The molecule has 0 spiro atoms. The molecule has 1 aromatic heterocycles. The van der Waals surface area contributed by atoms with E-state index in [1.807, 2.05) is 0 Å². The van der Waals surface area contributed by atoms with Gasteiger partial charge in [0.15, 0.2) is 11.5 Å². The molecule has 1 N–H and O–H groups in total. The van der Waals surface area contributed by atoms with E-state index in [0.717, 1.165) is 4.88 Å². The first-order valence-corrected chi connectivity index (χ1v) is 8.36. The number of halogens is 1. The smallest absolute Gasteiger partial charge is 0.241 e. The van der Waals surface area contributed by atoms with Crippen molar-refractivity contribution in [1.82, 2.24) is 4.72 Å². The van der Waals surface area contributed by atoms with Crippen LogP contribution in [0.5, 0.6) is 11.5 Å². The predicted molar refractivity (Wildman–Crippen MR) is 75.9 cm³/mol. The van der Waals surface area contributed by atoms with Gasteiger partial charge in [0.1, 0.15) is 0 Å². The quantitative estimate of drug-likeness (QED) is 0.935. The maximum atomic E-state index is 12.2. The van der Waals surface area contributed by atoms with Crippen LogP contribution in [-0.4, -0.2) is 15.2 Å². The lowest BCUT2D eigenvalue weighted by atomic mass is 10.3. The summed E-state index contributed by atoms with van der Waals surface area (Å²) in [6.45, 7) is 0.314. The summed E-state index contributed by atoms with van der Waals surface area (Å²) in [5.41, 5.74) is 0. The fourth-order valence-corrected chi connectivity index (χ4v) is 3.88. The van der Waals surface area contributed by atoms with Crippen LogP contribution >= 0.6 is 22.9 Å². The maximum absolute atomic E-state index is 12.2. The average molecular weight is 332 g/mol. The minimum Gasteiger partial charge on any atom is -0.454 e. The molecule has 1 aromatic carbocycles. The van der Waals surface area contributed by atoms with Gasteiger partial charge in [0, 0.05) is 17.5 Å². The first-order chi connectivity index (χ1) is 9.54. The van der Waals surface area contributed by atoms with E-state index in [-0.39, 0.29) is 18.2 Å². The molecule has 20 heavy (non-hydrogen) atoms. The van der Waals surface area contributed by atoms with Crippen LogP contribution in [0.3, 0.4) is 0 Å². The highest BCUT2D eigenvalue weighted by Gasteiger charge is 2.20. The molecule has 0 saturated carbocycles. The summed E-state index contributed by atoms with van der Waals surface area (Å²) in [5.74, 6) is 0.987. The molecule has 0 aliphatic carbocycles. The van der Waals surface area contributed by atoms with Crippen LogP contribution in [0.1, 0.15) is 4.88 Å². The monoisotopic (exact) mass is 331 g/mol. The molecule has 0 radical (unpaired) electrons. The van der Waals surface area contributed by atoms with Gasteiger partial charge in [-0.2, -0.15) is 0 Å². The third kappa shape index (κ3) is 2.76. The molecular formula is C12H10ClNO4S2. The van der Waals surface area contributed by atoms with Crippen molar-refractivity contribution in [3.8, 4) is 11.5 Å². The van der Waals surface area contributed by atoms with Crippen LogP contribution in [0, 0.1) is 0 Å². The zero-order valence-electron chi connectivity index (χ0n) is 10.1. The SMILES string of the molecule is O=S(=O)(NCc1ccc(Cl)s1)c1ccc2c(c1)OCO2. The molecule has 1 aliphatic rings. The maximum Gasteiger partial charge on any atom is 0.241 e. The van der Waals surface area contributed by atoms with Gasteiger partial charge in [-0.3, -0.25) is 0 Å². The molecule has 2 aromatic rings. The molecule has 2 heterocycles. The summed E-state index contributed by atoms with van der Waals surface area (Å²) in [7, 11) is -3.59. The zero-order valence-corrected chi connectivity index (χ0v) is 12.5. The lowest BCUT2D eigenvalue weighted by Crippen LogP contribution is -2.22. The summed E-state index contributed by atoms with van der Waals surface area (Å²) < 4.78 is 37.8. The van der Waals surface area contributed by atoms with E-state index in [4.69, 9.17) is 21.1 Å². The lowest BCUT2D eigenvalue weighted by molar-refractivity contribution is 0.174. The molecule has 1 aliphatic heterocycles. The lowest BCUT2D eigenvalue weighted by Gasteiger charge is -2.06. The number of ether oxygens (including phenoxy) is 2. The topological polar surface area (TPSA) is 64.6 Å². The number of hydrogen-bond acceptors (Lipinski definition) is 5. The molecule has 0 bridgehead atoms. The van der Waals surface area contributed by atoms with Crippen molar-refractivity contribution in [2.75, 3.05) is 6.79 Å². The number of hydrogen-bond donors (Lipinski definition) is 1. The zero-order chi connectivity index (χ0) is 14.2. The van der Waals surface area contributed by atoms with Gasteiger partial charge in [-0.05, 0) is 24.3 Å². The van der Waals surface area contributed by atoms with Crippen molar-refractivity contribution in [2.24, 2.45) is 0 Å². The Labute approximate surface area is 125 Å². The summed E-state index contributed by atoms with van der Waals surface area (Å²) in [5, 5.41) is 0. The van der Waals surface area contributed by atoms with Gasteiger partial charge < -0.3 is 9.47 Å². The van der Waals surface area contributed by atoms with Crippen LogP contribution in [0.2, 0.25) is 4.34 Å². The number of fused-ring (bicyclic) bond motifs is 1. The van der Waals surface area contributed by atoms with E-state index in [2.05, 4.69) is 4.72 Å². The van der Waals surface area contributed by atoms with Gasteiger partial charge in [-0.15, -0.1) is 11.3 Å². The Morgan fingerprint density at radius 1 is 1.20 bits per heavy atom. The van der Waals surface area contributed by atoms with Crippen molar-refractivity contribution in [3.05, 3.63) is 39.5 Å². The third-order valence-corrected chi connectivity index (χ3v) is 5.35. The Morgan fingerprint density at radius 3 is 2.75 bits per heavy atom. The van der Waals surface area contributed by atoms with Crippen molar-refractivity contribution >= 4 is 33.0 Å². The van der Waals surface area contributed by atoms with E-state index < -0.39 is 10.0 Å². The standard InChI is InChI=1S/C12H10ClNO4S2/c13-12-4-1-8(19-12)6-14-20(15,16)9-2-3-10-11(5-9)18-7-17-10/h1-5,14H,6-7H2. The van der Waals surface area contributed by atoms with Gasteiger partial charge in [-0.1, -0.05) is 11.6 Å². The second-order valence-corrected chi connectivity index (χ2v) is 7.61. The number of rotatable bonds is 4. The number of nitrogens with one attached hydrogen (secondary N) is 1. The van der Waals surface area contributed by atoms with E-state index in [9.17, 15) is 8.42 Å². The van der Waals surface area contributed by atoms with E-state index in [1.165, 1.54) is 23.5 Å². The second-order valence-electron chi connectivity index (χ2n) is 4.05. The fourth-order valence-electron chi connectivity index (χ4n) is 1.74. The Kier molecular flexibility index (Phi) is 3.59. The molecule has 8 heteroatoms. The minimum atomic E-state index is -3.59. The highest BCUT2D eigenvalue weighted by molar-refractivity contribution is 7.89. The van der Waals surface area contributed by atoms with Crippen LogP contribution in [-0.2, 0) is 16.6 Å². The van der Waals surface area contributed by atoms with Crippen LogP contribution in [0.15, 0.2) is 35.2 Å². The van der Waals surface area contributed by atoms with Gasteiger partial charge in [0.2, 0.25) is 16.8 Å². The molecule has 0 unspecified atom stereocenters. The second kappa shape index (κ2) is 5.25. The molecule has 0 amide bonds. The summed E-state index contributed by atoms with van der Waals surface area (Å²) in [4.78, 5) is 0.990. The first kappa shape index (κ1) is 13.7. The van der Waals surface area contributed by atoms with Gasteiger partial charge in [0.25, 0.3) is 0 Å². The molecule has 106 valence electrons. The molecule has 3 rings (SSSR count).